The summed E-state index contributed by atoms with van der Waals surface area (Å²) in [6.07, 6.45) is 0. The van der Waals surface area contributed by atoms with Gasteiger partial charge in [-0.1, -0.05) is 48.0 Å². The number of benzene rings is 4. The first kappa shape index (κ1) is 23.8. The van der Waals surface area contributed by atoms with Gasteiger partial charge in [0, 0.05) is 16.9 Å². The number of nitrogens with zero attached hydrogens (tertiary/aromatic N) is 1. The summed E-state index contributed by atoms with van der Waals surface area (Å²) in [4.78, 5) is 39.1. The monoisotopic (exact) mass is 509 g/mol. The number of carbonyl (C=O) groups excluding carboxylic acids is 3. The molecule has 7 nitrogen and oxygen atoms in total. The van der Waals surface area contributed by atoms with Crippen molar-refractivity contribution in [3.8, 4) is 11.5 Å². The number of para-hydroxylation sites is 2. The van der Waals surface area contributed by atoms with Crippen LogP contribution in [0.1, 0.15) is 10.4 Å². The van der Waals surface area contributed by atoms with Crippen molar-refractivity contribution in [2.24, 2.45) is 0 Å². The van der Waals surface area contributed by atoms with Gasteiger partial charge in [-0.2, -0.15) is 0 Å². The number of hydrogen-bond acceptors (Lipinski definition) is 5. The number of imide groups is 1. The molecule has 5 rings (SSSR count). The van der Waals surface area contributed by atoms with Gasteiger partial charge in [0.05, 0.1) is 5.69 Å². The van der Waals surface area contributed by atoms with E-state index in [9.17, 15) is 14.4 Å². The second-order valence-electron chi connectivity index (χ2n) is 8.07. The third-order valence-corrected chi connectivity index (χ3v) is 5.90. The van der Waals surface area contributed by atoms with E-state index in [0.29, 0.717) is 28.4 Å². The molecule has 8 heteroatoms. The van der Waals surface area contributed by atoms with E-state index in [-0.39, 0.29) is 16.6 Å². The van der Waals surface area contributed by atoms with Gasteiger partial charge >= 0.3 is 0 Å². The zero-order valence-electron chi connectivity index (χ0n) is 19.4. The highest BCUT2D eigenvalue weighted by atomic mass is 35.5. The van der Waals surface area contributed by atoms with Crippen LogP contribution in [0.4, 0.5) is 17.1 Å². The van der Waals surface area contributed by atoms with Crippen molar-refractivity contribution >= 4 is 46.4 Å². The summed E-state index contributed by atoms with van der Waals surface area (Å²) < 4.78 is 5.76. The SMILES string of the molecule is O=C(Nc1ccc(Oc2ccccc2)cc1)c1ccc(NC2=C(Cl)C(=O)N(c3ccccc3)C2=O)cc1. The lowest BCUT2D eigenvalue weighted by atomic mass is 10.2. The molecule has 1 aliphatic rings. The van der Waals surface area contributed by atoms with Crippen LogP contribution in [0.5, 0.6) is 11.5 Å². The lowest BCUT2D eigenvalue weighted by Crippen LogP contribution is -2.32. The normalized spacial score (nSPS) is 13.1. The number of halogens is 1. The van der Waals surface area contributed by atoms with Crippen molar-refractivity contribution in [2.75, 3.05) is 15.5 Å². The van der Waals surface area contributed by atoms with Crippen LogP contribution in [-0.4, -0.2) is 17.7 Å². The summed E-state index contributed by atoms with van der Waals surface area (Å²) in [5, 5.41) is 5.54. The minimum Gasteiger partial charge on any atom is -0.457 e. The molecule has 0 spiro atoms. The van der Waals surface area contributed by atoms with Crippen LogP contribution in [0.25, 0.3) is 0 Å². The van der Waals surface area contributed by atoms with Crippen LogP contribution in [0.15, 0.2) is 120 Å². The number of amides is 3. The van der Waals surface area contributed by atoms with Gasteiger partial charge < -0.3 is 15.4 Å². The average molecular weight is 510 g/mol. The van der Waals surface area contributed by atoms with Crippen molar-refractivity contribution in [3.63, 3.8) is 0 Å². The number of anilines is 3. The molecule has 37 heavy (non-hydrogen) atoms. The van der Waals surface area contributed by atoms with E-state index >= 15 is 0 Å². The summed E-state index contributed by atoms with van der Waals surface area (Å²) in [6.45, 7) is 0. The number of carbonyl (C=O) groups is 3. The highest BCUT2D eigenvalue weighted by Crippen LogP contribution is 2.30. The molecule has 4 aromatic rings. The fraction of sp³-hybridized carbons (Fsp3) is 0. The van der Waals surface area contributed by atoms with Gasteiger partial charge in [-0.05, 0) is 72.8 Å². The molecule has 1 aliphatic heterocycles. The maximum absolute atomic E-state index is 12.9. The largest absolute Gasteiger partial charge is 0.457 e. The van der Waals surface area contributed by atoms with Gasteiger partial charge in [0.15, 0.2) is 0 Å². The van der Waals surface area contributed by atoms with Crippen LogP contribution in [0.2, 0.25) is 0 Å². The maximum Gasteiger partial charge on any atom is 0.283 e. The molecule has 3 amide bonds. The van der Waals surface area contributed by atoms with Crippen LogP contribution < -0.4 is 20.3 Å². The van der Waals surface area contributed by atoms with Gasteiger partial charge in [-0.15, -0.1) is 0 Å². The molecule has 0 radical (unpaired) electrons. The molecule has 0 bridgehead atoms. The van der Waals surface area contributed by atoms with E-state index in [2.05, 4.69) is 10.6 Å². The van der Waals surface area contributed by atoms with Crippen LogP contribution in [-0.2, 0) is 9.59 Å². The molecule has 1 heterocycles. The first-order valence-corrected chi connectivity index (χ1v) is 11.7. The van der Waals surface area contributed by atoms with E-state index in [1.54, 1.807) is 78.9 Å². The number of rotatable bonds is 7. The van der Waals surface area contributed by atoms with Crippen molar-refractivity contribution in [3.05, 3.63) is 125 Å². The highest BCUT2D eigenvalue weighted by Gasteiger charge is 2.38. The zero-order valence-corrected chi connectivity index (χ0v) is 20.1. The quantitative estimate of drug-likeness (QED) is 0.291. The molecule has 0 unspecified atom stereocenters. The van der Waals surface area contributed by atoms with Crippen LogP contribution in [0.3, 0.4) is 0 Å². The first-order chi connectivity index (χ1) is 18.0. The molecule has 0 atom stereocenters. The number of ether oxygens (including phenoxy) is 1. The third kappa shape index (κ3) is 5.22. The Morgan fingerprint density at radius 1 is 0.676 bits per heavy atom. The predicted octanol–water partition coefficient (Wildman–Crippen LogP) is 6.17. The summed E-state index contributed by atoms with van der Waals surface area (Å²) in [6, 6.07) is 31.5. The fourth-order valence-corrected chi connectivity index (χ4v) is 3.92. The Balaban J connectivity index is 1.22. The van der Waals surface area contributed by atoms with Crippen LogP contribution >= 0.6 is 11.6 Å². The Morgan fingerprint density at radius 3 is 1.89 bits per heavy atom. The van der Waals surface area contributed by atoms with Gasteiger partial charge in [0.1, 0.15) is 22.2 Å². The van der Waals surface area contributed by atoms with Gasteiger partial charge in [0.25, 0.3) is 17.7 Å². The third-order valence-electron chi connectivity index (χ3n) is 5.55. The van der Waals surface area contributed by atoms with E-state index in [0.717, 1.165) is 10.6 Å². The highest BCUT2D eigenvalue weighted by molar-refractivity contribution is 6.53. The van der Waals surface area contributed by atoms with E-state index in [1.807, 2.05) is 30.3 Å². The molecule has 4 aromatic carbocycles. The maximum atomic E-state index is 12.9. The van der Waals surface area contributed by atoms with Gasteiger partial charge in [0.2, 0.25) is 0 Å². The van der Waals surface area contributed by atoms with Gasteiger partial charge in [-0.3, -0.25) is 14.4 Å². The molecule has 0 aromatic heterocycles. The number of nitrogens with one attached hydrogen (secondary N) is 2. The van der Waals surface area contributed by atoms with Crippen LogP contribution in [0, 0.1) is 0 Å². The summed E-state index contributed by atoms with van der Waals surface area (Å²) in [5.74, 6) is -0.0815. The molecule has 0 saturated carbocycles. The van der Waals surface area contributed by atoms with E-state index < -0.39 is 11.8 Å². The Bertz CT molecular complexity index is 1490. The molecular weight excluding hydrogens is 490 g/mol. The molecule has 0 fully saturated rings. The van der Waals surface area contributed by atoms with E-state index in [4.69, 9.17) is 16.3 Å². The van der Waals surface area contributed by atoms with Gasteiger partial charge in [-0.25, -0.2) is 4.90 Å². The Hall–Kier alpha value is -4.88. The standard InChI is InChI=1S/C29H20ClN3O4/c30-25-26(29(36)33(28(25)35)22-7-3-1-4-8-22)31-20-13-11-19(12-14-20)27(34)32-21-15-17-24(18-16-21)37-23-9-5-2-6-10-23/h1-18,31H,(H,32,34). The molecule has 0 aliphatic carbocycles. The molecule has 2 N–H and O–H groups in total. The lowest BCUT2D eigenvalue weighted by Gasteiger charge is -2.15. The Morgan fingerprint density at radius 2 is 1.24 bits per heavy atom. The first-order valence-electron chi connectivity index (χ1n) is 11.3. The Labute approximate surface area is 217 Å². The fourth-order valence-electron chi connectivity index (χ4n) is 3.71. The van der Waals surface area contributed by atoms with Crippen molar-refractivity contribution < 1.29 is 19.1 Å². The predicted molar refractivity (Wildman–Crippen MR) is 143 cm³/mol. The summed E-state index contributed by atoms with van der Waals surface area (Å²) in [5.41, 5.74) is 1.93. The topological polar surface area (TPSA) is 87.7 Å². The molecular formula is C29H20ClN3O4. The molecule has 182 valence electrons. The minimum atomic E-state index is -0.600. The smallest absolute Gasteiger partial charge is 0.283 e. The minimum absolute atomic E-state index is 0.0227. The molecule has 0 saturated heterocycles. The van der Waals surface area contributed by atoms with Crippen molar-refractivity contribution in [2.45, 2.75) is 0 Å². The Kier molecular flexibility index (Phi) is 6.70. The van der Waals surface area contributed by atoms with Crippen molar-refractivity contribution in [1.29, 1.82) is 0 Å². The lowest BCUT2D eigenvalue weighted by molar-refractivity contribution is -0.120. The summed E-state index contributed by atoms with van der Waals surface area (Å²) in [7, 11) is 0. The average Bonchev–Trinajstić information content (AvgIpc) is 3.14. The van der Waals surface area contributed by atoms with E-state index in [1.165, 1.54) is 0 Å². The second-order valence-corrected chi connectivity index (χ2v) is 8.44. The number of hydrogen-bond donors (Lipinski definition) is 2. The van der Waals surface area contributed by atoms with Crippen molar-refractivity contribution in [1.82, 2.24) is 0 Å². The summed E-state index contributed by atoms with van der Waals surface area (Å²) >= 11 is 6.18. The second kappa shape index (κ2) is 10.4. The zero-order chi connectivity index (χ0) is 25.8.